The maximum Gasteiger partial charge on any atom is 0.257 e. The smallest absolute Gasteiger partial charge is 0.257 e. The molecule has 25 heavy (non-hydrogen) atoms. The lowest BCUT2D eigenvalue weighted by Gasteiger charge is -2.09. The fourth-order valence-electron chi connectivity index (χ4n) is 2.31. The predicted molar refractivity (Wildman–Crippen MR) is 101 cm³/mol. The second-order valence-electron chi connectivity index (χ2n) is 5.65. The minimum atomic E-state index is -0.231. The molecule has 0 radical (unpaired) electrons. The van der Waals surface area contributed by atoms with Gasteiger partial charge in [-0.05, 0) is 42.8 Å². The van der Waals surface area contributed by atoms with Gasteiger partial charge in [0.2, 0.25) is 5.91 Å². The average molecular weight is 360 g/mol. The molecule has 2 rings (SSSR count). The van der Waals surface area contributed by atoms with Crippen LogP contribution in [0.15, 0.2) is 48.5 Å². The van der Waals surface area contributed by atoms with Crippen LogP contribution >= 0.6 is 11.6 Å². The third-order valence-electron chi connectivity index (χ3n) is 3.54. The van der Waals surface area contributed by atoms with Crippen LogP contribution in [0.3, 0.4) is 0 Å². The largest absolute Gasteiger partial charge is 0.356 e. The molecule has 0 heterocycles. The Morgan fingerprint density at radius 3 is 2.60 bits per heavy atom. The molecule has 0 aliphatic heterocycles. The van der Waals surface area contributed by atoms with Crippen LogP contribution in [0.1, 0.15) is 29.3 Å². The molecule has 6 heteroatoms. The molecular weight excluding hydrogens is 338 g/mol. The summed E-state index contributed by atoms with van der Waals surface area (Å²) in [6, 6.07) is 14.6. The Hall–Kier alpha value is -2.37. The second-order valence-corrected chi connectivity index (χ2v) is 6.05. The molecule has 0 aromatic heterocycles. The van der Waals surface area contributed by atoms with Gasteiger partial charge >= 0.3 is 0 Å². The summed E-state index contributed by atoms with van der Waals surface area (Å²) in [6.45, 7) is 3.67. The van der Waals surface area contributed by atoms with Crippen LogP contribution in [0, 0.1) is 0 Å². The van der Waals surface area contributed by atoms with E-state index in [1.165, 1.54) is 6.92 Å². The lowest BCUT2D eigenvalue weighted by molar-refractivity contribution is -0.118. The van der Waals surface area contributed by atoms with Crippen LogP contribution in [-0.2, 0) is 11.3 Å². The quantitative estimate of drug-likeness (QED) is 0.634. The monoisotopic (exact) mass is 359 g/mol. The fourth-order valence-corrected chi connectivity index (χ4v) is 2.53. The first-order valence-electron chi connectivity index (χ1n) is 8.16. The Morgan fingerprint density at radius 2 is 1.84 bits per heavy atom. The summed E-state index contributed by atoms with van der Waals surface area (Å²) in [5, 5.41) is 9.36. The predicted octanol–water partition coefficient (Wildman–Crippen LogP) is 3.21. The number of hydrogen-bond acceptors (Lipinski definition) is 3. The van der Waals surface area contributed by atoms with Crippen LogP contribution in [-0.4, -0.2) is 24.9 Å². The summed E-state index contributed by atoms with van der Waals surface area (Å²) in [7, 11) is 0. The maximum absolute atomic E-state index is 12.3. The summed E-state index contributed by atoms with van der Waals surface area (Å²) in [6.07, 6.45) is 0.864. The molecule has 0 bridgehead atoms. The van der Waals surface area contributed by atoms with Gasteiger partial charge in [-0.3, -0.25) is 9.59 Å². The van der Waals surface area contributed by atoms with E-state index in [1.54, 1.807) is 24.3 Å². The first-order valence-corrected chi connectivity index (χ1v) is 8.54. The standard InChI is InChI=1S/C19H22ClN3O2/c1-14(24)22-11-5-10-21-13-15-6-4-7-16(12-15)23-19(25)17-8-2-3-9-18(17)20/h2-4,6-9,12,21H,5,10-11,13H2,1H3,(H,22,24)(H,23,25). The third-order valence-corrected chi connectivity index (χ3v) is 3.87. The van der Waals surface area contributed by atoms with E-state index in [9.17, 15) is 9.59 Å². The van der Waals surface area contributed by atoms with E-state index in [4.69, 9.17) is 11.6 Å². The molecule has 0 saturated carbocycles. The molecule has 2 amide bonds. The highest BCUT2D eigenvalue weighted by molar-refractivity contribution is 6.34. The Bertz CT molecular complexity index is 734. The number of carbonyl (C=O) groups is 2. The molecule has 0 aliphatic carbocycles. The molecule has 3 N–H and O–H groups in total. The van der Waals surface area contributed by atoms with Gasteiger partial charge in [-0.2, -0.15) is 0 Å². The normalized spacial score (nSPS) is 10.3. The zero-order valence-corrected chi connectivity index (χ0v) is 14.9. The van der Waals surface area contributed by atoms with E-state index in [0.717, 1.165) is 24.2 Å². The summed E-state index contributed by atoms with van der Waals surface area (Å²) in [5.41, 5.74) is 2.24. The molecule has 5 nitrogen and oxygen atoms in total. The van der Waals surface area contributed by atoms with Gasteiger partial charge in [0, 0.05) is 25.7 Å². The van der Waals surface area contributed by atoms with Crippen molar-refractivity contribution in [2.75, 3.05) is 18.4 Å². The molecule has 2 aromatic carbocycles. The Balaban J connectivity index is 1.83. The van der Waals surface area contributed by atoms with Gasteiger partial charge in [0.25, 0.3) is 5.91 Å². The van der Waals surface area contributed by atoms with Crippen molar-refractivity contribution in [1.29, 1.82) is 0 Å². The van der Waals surface area contributed by atoms with Crippen molar-refractivity contribution in [3.05, 3.63) is 64.7 Å². The fraction of sp³-hybridized carbons (Fsp3) is 0.263. The number of anilines is 1. The minimum Gasteiger partial charge on any atom is -0.356 e. The Labute approximate surface area is 152 Å². The number of halogens is 1. The first-order chi connectivity index (χ1) is 12.1. The van der Waals surface area contributed by atoms with E-state index < -0.39 is 0 Å². The van der Waals surface area contributed by atoms with Gasteiger partial charge < -0.3 is 16.0 Å². The number of nitrogens with one attached hydrogen (secondary N) is 3. The van der Waals surface area contributed by atoms with Crippen molar-refractivity contribution in [2.45, 2.75) is 19.9 Å². The Kier molecular flexibility index (Phi) is 7.44. The van der Waals surface area contributed by atoms with Crippen molar-refractivity contribution in [3.63, 3.8) is 0 Å². The van der Waals surface area contributed by atoms with Crippen LogP contribution in [0.25, 0.3) is 0 Å². The molecular formula is C19H22ClN3O2. The highest BCUT2D eigenvalue weighted by atomic mass is 35.5. The van der Waals surface area contributed by atoms with Gasteiger partial charge in [0.1, 0.15) is 0 Å². The second kappa shape index (κ2) is 9.81. The number of benzene rings is 2. The van der Waals surface area contributed by atoms with Crippen molar-refractivity contribution >= 4 is 29.1 Å². The van der Waals surface area contributed by atoms with Crippen molar-refractivity contribution in [2.24, 2.45) is 0 Å². The van der Waals surface area contributed by atoms with E-state index in [-0.39, 0.29) is 11.8 Å². The van der Waals surface area contributed by atoms with Gasteiger partial charge in [0.15, 0.2) is 0 Å². The number of carbonyl (C=O) groups excluding carboxylic acids is 2. The van der Waals surface area contributed by atoms with E-state index >= 15 is 0 Å². The maximum atomic E-state index is 12.3. The summed E-state index contributed by atoms with van der Waals surface area (Å²) >= 11 is 6.05. The first kappa shape index (κ1) is 19.0. The zero-order valence-electron chi connectivity index (χ0n) is 14.1. The highest BCUT2D eigenvalue weighted by Gasteiger charge is 2.09. The third kappa shape index (κ3) is 6.57. The van der Waals surface area contributed by atoms with Gasteiger partial charge in [-0.25, -0.2) is 0 Å². The van der Waals surface area contributed by atoms with E-state index in [0.29, 0.717) is 23.7 Å². The summed E-state index contributed by atoms with van der Waals surface area (Å²) in [4.78, 5) is 23.1. The highest BCUT2D eigenvalue weighted by Crippen LogP contribution is 2.17. The zero-order chi connectivity index (χ0) is 18.1. The van der Waals surface area contributed by atoms with E-state index in [1.807, 2.05) is 24.3 Å². The lowest BCUT2D eigenvalue weighted by atomic mass is 10.1. The van der Waals surface area contributed by atoms with Crippen LogP contribution in [0.5, 0.6) is 0 Å². The van der Waals surface area contributed by atoms with Gasteiger partial charge in [-0.15, -0.1) is 0 Å². The van der Waals surface area contributed by atoms with Crippen LogP contribution in [0.4, 0.5) is 5.69 Å². The van der Waals surface area contributed by atoms with Crippen LogP contribution < -0.4 is 16.0 Å². The number of amides is 2. The van der Waals surface area contributed by atoms with Crippen LogP contribution in [0.2, 0.25) is 5.02 Å². The molecule has 0 saturated heterocycles. The van der Waals surface area contributed by atoms with Crippen molar-refractivity contribution in [1.82, 2.24) is 10.6 Å². The Morgan fingerprint density at radius 1 is 1.04 bits per heavy atom. The molecule has 2 aromatic rings. The number of hydrogen-bond donors (Lipinski definition) is 3. The summed E-state index contributed by atoms with van der Waals surface area (Å²) in [5.74, 6) is -0.243. The molecule has 0 atom stereocenters. The number of rotatable bonds is 8. The molecule has 0 aliphatic rings. The van der Waals surface area contributed by atoms with Crippen molar-refractivity contribution < 1.29 is 9.59 Å². The summed E-state index contributed by atoms with van der Waals surface area (Å²) < 4.78 is 0. The van der Waals surface area contributed by atoms with Gasteiger partial charge in [-0.1, -0.05) is 35.9 Å². The molecule has 0 fully saturated rings. The SMILES string of the molecule is CC(=O)NCCCNCc1cccc(NC(=O)c2ccccc2Cl)c1. The molecule has 0 unspecified atom stereocenters. The molecule has 0 spiro atoms. The van der Waals surface area contributed by atoms with Crippen molar-refractivity contribution in [3.8, 4) is 0 Å². The van der Waals surface area contributed by atoms with Gasteiger partial charge in [0.05, 0.1) is 10.6 Å². The van der Waals surface area contributed by atoms with E-state index in [2.05, 4.69) is 16.0 Å². The minimum absolute atomic E-state index is 0.0121. The topological polar surface area (TPSA) is 70.2 Å². The average Bonchev–Trinajstić information content (AvgIpc) is 2.58. The lowest BCUT2D eigenvalue weighted by Crippen LogP contribution is -2.25. The molecule has 132 valence electrons.